The molecule has 2 aromatic carbocycles. The number of carbonyl (C=O) groups is 1. The molecule has 0 aliphatic heterocycles. The molecule has 0 spiro atoms. The van der Waals surface area contributed by atoms with Crippen LogP contribution in [0.4, 0.5) is 5.69 Å². The van der Waals surface area contributed by atoms with Gasteiger partial charge >= 0.3 is 0 Å². The molecule has 2 aromatic heterocycles. The van der Waals surface area contributed by atoms with Gasteiger partial charge in [0.1, 0.15) is 0 Å². The summed E-state index contributed by atoms with van der Waals surface area (Å²) in [6.45, 7) is 0. The van der Waals surface area contributed by atoms with Crippen molar-refractivity contribution in [1.29, 1.82) is 0 Å². The lowest BCUT2D eigenvalue weighted by Gasteiger charge is -2.10. The Morgan fingerprint density at radius 2 is 1.85 bits per heavy atom. The van der Waals surface area contributed by atoms with Gasteiger partial charge in [-0.05, 0) is 54.6 Å². The van der Waals surface area contributed by atoms with E-state index in [1.54, 1.807) is 43.0 Å². The largest absolute Gasteiger partial charge is 0.322 e. The summed E-state index contributed by atoms with van der Waals surface area (Å²) in [5, 5.41) is 3.49. The molecule has 0 fully saturated rings. The molecule has 2 heterocycles. The number of hydrogen-bond acceptors (Lipinski definition) is 3. The van der Waals surface area contributed by atoms with E-state index in [2.05, 4.69) is 15.3 Å². The minimum Gasteiger partial charge on any atom is -0.322 e. The molecule has 0 saturated heterocycles. The molecule has 0 radical (unpaired) electrons. The second-order valence-electron chi connectivity index (χ2n) is 5.88. The summed E-state index contributed by atoms with van der Waals surface area (Å²) < 4.78 is 1.88. The van der Waals surface area contributed by atoms with E-state index < -0.39 is 0 Å². The smallest absolute Gasteiger partial charge is 0.255 e. The zero-order valence-electron chi connectivity index (χ0n) is 14.2. The van der Waals surface area contributed by atoms with E-state index in [0.29, 0.717) is 16.3 Å². The molecule has 27 heavy (non-hydrogen) atoms. The number of anilines is 1. The van der Waals surface area contributed by atoms with Crippen LogP contribution in [0, 0.1) is 0 Å². The molecule has 0 unspecified atom stereocenters. The van der Waals surface area contributed by atoms with Crippen LogP contribution >= 0.6 is 11.6 Å². The number of benzene rings is 2. The van der Waals surface area contributed by atoms with Crippen LogP contribution in [0.25, 0.3) is 16.9 Å². The molecule has 132 valence electrons. The highest BCUT2D eigenvalue weighted by Gasteiger charge is 2.10. The van der Waals surface area contributed by atoms with E-state index in [1.807, 2.05) is 47.2 Å². The van der Waals surface area contributed by atoms with Crippen molar-refractivity contribution in [2.75, 3.05) is 5.32 Å². The average Bonchev–Trinajstić information content (AvgIpc) is 3.25. The molecular weight excluding hydrogens is 360 g/mol. The van der Waals surface area contributed by atoms with E-state index in [0.717, 1.165) is 16.9 Å². The fourth-order valence-corrected chi connectivity index (χ4v) is 2.94. The molecule has 5 nitrogen and oxygen atoms in total. The SMILES string of the molecule is O=C(Nc1ccc(Cl)c(-c2ccccn2)c1)c1ccc(-n2ccnc2)cc1. The molecule has 1 N–H and O–H groups in total. The van der Waals surface area contributed by atoms with Crippen molar-refractivity contribution >= 4 is 23.2 Å². The Morgan fingerprint density at radius 1 is 1.00 bits per heavy atom. The van der Waals surface area contributed by atoms with E-state index in [1.165, 1.54) is 0 Å². The van der Waals surface area contributed by atoms with E-state index in [-0.39, 0.29) is 5.91 Å². The van der Waals surface area contributed by atoms with Crippen molar-refractivity contribution in [2.45, 2.75) is 0 Å². The maximum absolute atomic E-state index is 12.6. The summed E-state index contributed by atoms with van der Waals surface area (Å²) in [6.07, 6.45) is 6.98. The van der Waals surface area contributed by atoms with Crippen LogP contribution in [0.15, 0.2) is 85.6 Å². The second kappa shape index (κ2) is 7.43. The number of imidazole rings is 1. The lowest BCUT2D eigenvalue weighted by molar-refractivity contribution is 0.102. The number of rotatable bonds is 4. The summed E-state index contributed by atoms with van der Waals surface area (Å²) in [7, 11) is 0. The van der Waals surface area contributed by atoms with Gasteiger partial charge in [-0.3, -0.25) is 9.78 Å². The first-order chi connectivity index (χ1) is 13.2. The number of amides is 1. The van der Waals surface area contributed by atoms with Gasteiger partial charge in [0.2, 0.25) is 0 Å². The highest BCUT2D eigenvalue weighted by Crippen LogP contribution is 2.29. The number of nitrogens with zero attached hydrogens (tertiary/aromatic N) is 3. The number of nitrogens with one attached hydrogen (secondary N) is 1. The van der Waals surface area contributed by atoms with Crippen LogP contribution in [0.5, 0.6) is 0 Å². The molecule has 4 aromatic rings. The Bertz CT molecular complexity index is 1060. The maximum Gasteiger partial charge on any atom is 0.255 e. The van der Waals surface area contributed by atoms with Crippen molar-refractivity contribution in [3.63, 3.8) is 0 Å². The topological polar surface area (TPSA) is 59.8 Å². The van der Waals surface area contributed by atoms with E-state index in [9.17, 15) is 4.79 Å². The number of pyridine rings is 1. The zero-order valence-corrected chi connectivity index (χ0v) is 15.0. The third-order valence-corrected chi connectivity index (χ3v) is 4.43. The van der Waals surface area contributed by atoms with Gasteiger partial charge in [0.05, 0.1) is 17.0 Å². The van der Waals surface area contributed by atoms with Gasteiger partial charge < -0.3 is 9.88 Å². The average molecular weight is 375 g/mol. The summed E-state index contributed by atoms with van der Waals surface area (Å²) >= 11 is 6.29. The Balaban J connectivity index is 1.55. The molecule has 0 aliphatic carbocycles. The number of halogens is 1. The molecule has 0 saturated carbocycles. The quantitative estimate of drug-likeness (QED) is 0.556. The first kappa shape index (κ1) is 17.0. The Labute approximate surface area is 161 Å². The molecule has 4 rings (SSSR count). The summed E-state index contributed by atoms with van der Waals surface area (Å²) in [4.78, 5) is 20.9. The number of carbonyl (C=O) groups excluding carboxylic acids is 1. The van der Waals surface area contributed by atoms with Crippen LogP contribution in [0.2, 0.25) is 5.02 Å². The van der Waals surface area contributed by atoms with Gasteiger partial charge in [-0.1, -0.05) is 17.7 Å². The summed E-state index contributed by atoms with van der Waals surface area (Å²) in [6, 6.07) is 18.3. The zero-order chi connectivity index (χ0) is 18.6. The van der Waals surface area contributed by atoms with Gasteiger partial charge in [-0.25, -0.2) is 4.98 Å². The second-order valence-corrected chi connectivity index (χ2v) is 6.29. The maximum atomic E-state index is 12.6. The van der Waals surface area contributed by atoms with E-state index in [4.69, 9.17) is 11.6 Å². The Hall–Kier alpha value is -3.44. The monoisotopic (exact) mass is 374 g/mol. The minimum atomic E-state index is -0.193. The van der Waals surface area contributed by atoms with Gasteiger partial charge in [0.25, 0.3) is 5.91 Å². The lowest BCUT2D eigenvalue weighted by atomic mass is 10.1. The van der Waals surface area contributed by atoms with Crippen molar-refractivity contribution in [2.24, 2.45) is 0 Å². The van der Waals surface area contributed by atoms with Crippen LogP contribution in [0.1, 0.15) is 10.4 Å². The molecule has 0 aliphatic rings. The first-order valence-electron chi connectivity index (χ1n) is 8.31. The number of hydrogen-bond donors (Lipinski definition) is 1. The van der Waals surface area contributed by atoms with E-state index >= 15 is 0 Å². The van der Waals surface area contributed by atoms with Crippen molar-refractivity contribution in [3.8, 4) is 16.9 Å². The molecule has 6 heteroatoms. The highest BCUT2D eigenvalue weighted by atomic mass is 35.5. The fourth-order valence-electron chi connectivity index (χ4n) is 2.72. The molecule has 1 amide bonds. The predicted octanol–water partition coefficient (Wildman–Crippen LogP) is 4.84. The number of aromatic nitrogens is 3. The van der Waals surface area contributed by atoms with Crippen molar-refractivity contribution in [3.05, 3.63) is 96.2 Å². The summed E-state index contributed by atoms with van der Waals surface area (Å²) in [5.74, 6) is -0.193. The van der Waals surface area contributed by atoms with Crippen LogP contribution < -0.4 is 5.32 Å². The van der Waals surface area contributed by atoms with Gasteiger partial charge in [-0.2, -0.15) is 0 Å². The van der Waals surface area contributed by atoms with Crippen LogP contribution in [-0.2, 0) is 0 Å². The van der Waals surface area contributed by atoms with Gasteiger partial charge in [0, 0.05) is 41.1 Å². The lowest BCUT2D eigenvalue weighted by Crippen LogP contribution is -2.12. The third-order valence-electron chi connectivity index (χ3n) is 4.10. The summed E-state index contributed by atoms with van der Waals surface area (Å²) in [5.41, 5.74) is 3.68. The molecule has 0 atom stereocenters. The third kappa shape index (κ3) is 3.73. The van der Waals surface area contributed by atoms with Gasteiger partial charge in [-0.15, -0.1) is 0 Å². The minimum absolute atomic E-state index is 0.193. The van der Waals surface area contributed by atoms with Crippen molar-refractivity contribution < 1.29 is 4.79 Å². The Kier molecular flexibility index (Phi) is 4.68. The standard InChI is InChI=1S/C21H15ClN4O/c22-19-9-6-16(13-18(19)20-3-1-2-10-24-20)25-21(27)15-4-7-17(8-5-15)26-12-11-23-14-26/h1-14H,(H,25,27). The van der Waals surface area contributed by atoms with Gasteiger partial charge in [0.15, 0.2) is 0 Å². The predicted molar refractivity (Wildman–Crippen MR) is 106 cm³/mol. The van der Waals surface area contributed by atoms with Crippen molar-refractivity contribution in [1.82, 2.24) is 14.5 Å². The van der Waals surface area contributed by atoms with Crippen LogP contribution in [-0.4, -0.2) is 20.4 Å². The fraction of sp³-hybridized carbons (Fsp3) is 0. The van der Waals surface area contributed by atoms with Crippen LogP contribution in [0.3, 0.4) is 0 Å². The normalized spacial score (nSPS) is 10.6. The Morgan fingerprint density at radius 3 is 2.56 bits per heavy atom. The first-order valence-corrected chi connectivity index (χ1v) is 8.69. The molecular formula is C21H15ClN4O. The highest BCUT2D eigenvalue weighted by molar-refractivity contribution is 6.33. The molecule has 0 bridgehead atoms.